The van der Waals surface area contributed by atoms with Gasteiger partial charge < -0.3 is 44.9 Å². The molecule has 2 aliphatic heterocycles. The maximum atomic E-state index is 15.8. The highest BCUT2D eigenvalue weighted by atomic mass is 16.6. The van der Waals surface area contributed by atoms with Crippen LogP contribution in [0.5, 0.6) is 23.0 Å². The molecule has 2 aromatic rings. The highest BCUT2D eigenvalue weighted by molar-refractivity contribution is 5.97. The second-order valence-corrected chi connectivity index (χ2v) is 24.3. The number of carbonyl (C=O) groups excluding carboxylic acids is 1. The van der Waals surface area contributed by atoms with Crippen molar-refractivity contribution in [2.75, 3.05) is 39.7 Å². The molecule has 6 N–H and O–H groups in total. The van der Waals surface area contributed by atoms with Crippen LogP contribution in [0.3, 0.4) is 0 Å². The molecule has 6 fully saturated rings. The number of guanidine groups is 1. The number of methoxy groups -OCH3 is 1. The van der Waals surface area contributed by atoms with Gasteiger partial charge in [0.05, 0.1) is 18.9 Å². The zero-order chi connectivity index (χ0) is 52.2. The average Bonchev–Trinajstić information content (AvgIpc) is 4.23. The molecular formula is C63H86N4O8. The number of aliphatic hydroxyl groups excluding tert-OH is 2. The summed E-state index contributed by atoms with van der Waals surface area (Å²) in [5, 5.41) is 43.2. The molecule has 0 amide bonds. The molecule has 75 heavy (non-hydrogen) atoms. The predicted molar refractivity (Wildman–Crippen MR) is 293 cm³/mol. The summed E-state index contributed by atoms with van der Waals surface area (Å²) in [6.07, 6.45) is 28.0. The van der Waals surface area contributed by atoms with Crippen LogP contribution < -0.4 is 30.2 Å². The Kier molecular flexibility index (Phi) is 16.8. The molecule has 1 spiro atoms. The molecule has 12 nitrogen and oxygen atoms in total. The van der Waals surface area contributed by atoms with Crippen molar-refractivity contribution in [1.29, 1.82) is 0 Å². The molecule has 10 rings (SSSR count). The summed E-state index contributed by atoms with van der Waals surface area (Å²) in [5.74, 6) is 11.6. The number of nitrogens with one attached hydrogen (secondary N) is 3. The van der Waals surface area contributed by atoms with Crippen molar-refractivity contribution < 1.29 is 39.1 Å². The van der Waals surface area contributed by atoms with Gasteiger partial charge in [-0.2, -0.15) is 0 Å². The number of nitrogens with zero attached hydrogens (tertiary/aromatic N) is 1. The highest BCUT2D eigenvalue weighted by Gasteiger charge is 2.61. The van der Waals surface area contributed by atoms with Crippen LogP contribution in [0, 0.1) is 82.7 Å². The van der Waals surface area contributed by atoms with Crippen molar-refractivity contribution in [2.24, 2.45) is 63.7 Å². The Balaban J connectivity index is 1.13. The average molecular weight is 1030 g/mol. The zero-order valence-corrected chi connectivity index (χ0v) is 45.4. The van der Waals surface area contributed by atoms with Crippen molar-refractivity contribution in [2.45, 2.75) is 178 Å². The third-order valence-electron chi connectivity index (χ3n) is 20.3. The van der Waals surface area contributed by atoms with Gasteiger partial charge in [0.25, 0.3) is 0 Å². The molecule has 12 heteroatoms. The molecule has 6 saturated carbocycles. The Morgan fingerprint density at radius 2 is 1.84 bits per heavy atom. The molecule has 6 aliphatic carbocycles. The van der Waals surface area contributed by atoms with Crippen LogP contribution in [0.4, 0.5) is 5.69 Å². The van der Waals surface area contributed by atoms with E-state index in [1.54, 1.807) is 20.2 Å². The number of ether oxygens (including phenoxy) is 4. The largest absolute Gasteiger partial charge is 0.504 e. The fourth-order valence-electron chi connectivity index (χ4n) is 17.0. The Morgan fingerprint density at radius 3 is 2.64 bits per heavy atom. The second kappa shape index (κ2) is 23.5. The molecule has 0 aromatic heterocycles. The van der Waals surface area contributed by atoms with E-state index in [1.165, 1.54) is 24.8 Å². The fraction of sp³-hybridized carbons (Fsp3) is 0.683. The van der Waals surface area contributed by atoms with E-state index in [4.69, 9.17) is 23.9 Å². The predicted octanol–water partition coefficient (Wildman–Crippen LogP) is 10.6. The minimum Gasteiger partial charge on any atom is -0.504 e. The first-order valence-electron chi connectivity index (χ1n) is 29.2. The van der Waals surface area contributed by atoms with E-state index in [2.05, 4.69) is 65.1 Å². The first-order chi connectivity index (χ1) is 36.5. The van der Waals surface area contributed by atoms with Crippen LogP contribution in [-0.2, 0) is 21.4 Å². The highest BCUT2D eigenvalue weighted by Crippen LogP contribution is 2.67. The number of allylic oxidation sites excluding steroid dienone is 2. The molecule has 0 radical (unpaired) electrons. The number of hydrogen-bond acceptors (Lipinski definition) is 10. The van der Waals surface area contributed by atoms with Crippen LogP contribution in [-0.4, -0.2) is 79.4 Å². The monoisotopic (exact) mass is 1030 g/mol. The van der Waals surface area contributed by atoms with Crippen LogP contribution in [0.15, 0.2) is 47.5 Å². The molecular weight excluding hydrogens is 941 g/mol. The number of phenolic OH excluding ortho intramolecular Hbond substituents is 1. The number of benzene rings is 2. The summed E-state index contributed by atoms with van der Waals surface area (Å²) < 4.78 is 26.2. The van der Waals surface area contributed by atoms with Gasteiger partial charge in [-0.25, -0.2) is 0 Å². The van der Waals surface area contributed by atoms with E-state index < -0.39 is 17.3 Å². The molecule has 406 valence electrons. The summed E-state index contributed by atoms with van der Waals surface area (Å²) in [5.41, 5.74) is 1.14. The van der Waals surface area contributed by atoms with Crippen molar-refractivity contribution in [1.82, 2.24) is 10.6 Å². The van der Waals surface area contributed by atoms with Gasteiger partial charge in [-0.15, -0.1) is 0 Å². The van der Waals surface area contributed by atoms with Gasteiger partial charge in [-0.1, -0.05) is 75.9 Å². The second-order valence-electron chi connectivity index (χ2n) is 24.3. The van der Waals surface area contributed by atoms with Crippen molar-refractivity contribution in [3.63, 3.8) is 0 Å². The normalized spacial score (nSPS) is 35.7. The van der Waals surface area contributed by atoms with Gasteiger partial charge in [-0.05, 0) is 185 Å². The number of carbonyl (C=O) groups is 1. The summed E-state index contributed by atoms with van der Waals surface area (Å²) in [7, 11) is 5.31. The molecule has 8 aliphatic rings. The number of anilines is 1. The van der Waals surface area contributed by atoms with Gasteiger partial charge in [0.2, 0.25) is 11.7 Å². The maximum absolute atomic E-state index is 15.8. The molecule has 13 atom stereocenters. The number of phenols is 1. The fourth-order valence-corrected chi connectivity index (χ4v) is 17.0. The smallest absolute Gasteiger partial charge is 0.207 e. The quantitative estimate of drug-likeness (QED) is 0.0836. The lowest BCUT2D eigenvalue weighted by molar-refractivity contribution is -0.154. The van der Waals surface area contributed by atoms with Gasteiger partial charge in [-0.3, -0.25) is 15.1 Å². The van der Waals surface area contributed by atoms with Gasteiger partial charge in [0, 0.05) is 56.3 Å². The van der Waals surface area contributed by atoms with Gasteiger partial charge in [0.15, 0.2) is 29.3 Å². The summed E-state index contributed by atoms with van der Waals surface area (Å²) in [4.78, 5) is 20.5. The summed E-state index contributed by atoms with van der Waals surface area (Å²) in [6, 6.07) is 13.3. The first kappa shape index (κ1) is 53.7. The number of aliphatic imine (C=N–C) groups is 1. The molecule has 0 unspecified atom stereocenters. The zero-order valence-electron chi connectivity index (χ0n) is 45.4. The van der Waals surface area contributed by atoms with Crippen LogP contribution in [0.1, 0.15) is 159 Å². The number of rotatable bonds is 13. The SMILES string of the molecule is CC[C@H]1CC[C@H]2[C@@H](C1)[C@H]1/C=C/C(=O)[C@@]3(Cc4ccc(O)c(OC)c4)CCC[C@H]3CC#CNC(=NC)Nc3cc(cc4c3OC#CC[C@@H]3C[C@@](CNC)(C[C@@H]3C[C@H](O)OC3CCCCC3)O4)[C@]13CCC[C@H]3[C@@H]2CCCO. The third kappa shape index (κ3) is 10.8. The topological polar surface area (TPSA) is 163 Å². The maximum Gasteiger partial charge on any atom is 0.207 e. The minimum atomic E-state index is -0.847. The molecule has 2 heterocycles. The molecule has 0 saturated heterocycles. The van der Waals surface area contributed by atoms with E-state index in [-0.39, 0.29) is 53.3 Å². The lowest BCUT2D eigenvalue weighted by atomic mass is 9.45. The first-order valence-corrected chi connectivity index (χ1v) is 29.2. The Labute approximate surface area is 447 Å². The Hall–Kier alpha value is -4.72. The summed E-state index contributed by atoms with van der Waals surface area (Å²) >= 11 is 0. The third-order valence-corrected chi connectivity index (χ3v) is 20.3. The Morgan fingerprint density at radius 1 is 0.987 bits per heavy atom. The molecule has 4 bridgehead atoms. The van der Waals surface area contributed by atoms with Crippen LogP contribution in [0.25, 0.3) is 0 Å². The van der Waals surface area contributed by atoms with Crippen LogP contribution in [0.2, 0.25) is 0 Å². The summed E-state index contributed by atoms with van der Waals surface area (Å²) in [6.45, 7) is 3.12. The van der Waals surface area contributed by atoms with Gasteiger partial charge >= 0.3 is 0 Å². The molecule has 2 aromatic carbocycles. The van der Waals surface area contributed by atoms with Crippen molar-refractivity contribution in [3.05, 3.63) is 53.6 Å². The number of aromatic hydroxyl groups is 1. The standard InChI is InChI=1S/C63H86N4O8/c1-5-41-21-23-48-49(19-12-30-68)51-20-10-28-63(51)46-35-53(59-56(36-46)75-61(40-64-2)38-43(14-13-31-73-59)44(39-61)34-58(71)74-47-17-7-6-8-18-47)67-60(65-3)66-29-11-16-45-15-9-27-62(45,57(70)26-24-52(63)50(48)32-41)37-42-22-25-54(69)55(33-42)72-4/h22,24-26,33,35-36,41,43-45,47-52,58,64,68-69,71H,5-10,12,14-21,23,27-28,30,32,34,37-40H2,1-4H3,(H2,65,66,67)/b26-24+/t41-,43+,44-,45-,48+,49+,50+,51-,52+,58+,61-,62+,63-/m0/s1. The number of hydrogen-bond donors (Lipinski definition) is 6. The lowest BCUT2D eigenvalue weighted by Gasteiger charge is -2.59. The minimum absolute atomic E-state index is 0.0119. The Bertz CT molecular complexity index is 2540. The number of fused-ring (bicyclic) bond motifs is 9. The van der Waals surface area contributed by atoms with E-state index in [0.29, 0.717) is 90.7 Å². The van der Waals surface area contributed by atoms with E-state index in [1.807, 2.05) is 25.3 Å². The lowest BCUT2D eigenvalue weighted by Crippen LogP contribution is -2.55. The van der Waals surface area contributed by atoms with E-state index >= 15 is 4.79 Å². The number of aliphatic hydroxyl groups is 2. The van der Waals surface area contributed by atoms with E-state index in [0.717, 1.165) is 108 Å². The van der Waals surface area contributed by atoms with Crippen LogP contribution >= 0.6 is 0 Å². The van der Waals surface area contributed by atoms with Crippen molar-refractivity contribution >= 4 is 17.4 Å². The van der Waals surface area contributed by atoms with Crippen molar-refractivity contribution in [3.8, 4) is 47.0 Å². The number of ketones is 1. The number of likely N-dealkylation sites (N-methyl/N-ethyl adjacent to an activating group) is 1. The van der Waals surface area contributed by atoms with E-state index in [9.17, 15) is 15.3 Å². The van der Waals surface area contributed by atoms with Gasteiger partial charge in [0.1, 0.15) is 11.7 Å².